The molecule has 66 valence electrons. The minimum atomic E-state index is -0.402. The highest BCUT2D eigenvalue weighted by Crippen LogP contribution is 2.14. The number of hydrogen-bond donors (Lipinski definition) is 0. The van der Waals surface area contributed by atoms with Crippen molar-refractivity contribution in [1.29, 1.82) is 0 Å². The second-order valence-corrected chi connectivity index (χ2v) is 3.30. The van der Waals surface area contributed by atoms with E-state index in [0.717, 1.165) is 4.88 Å². The van der Waals surface area contributed by atoms with Crippen molar-refractivity contribution in [2.75, 3.05) is 6.61 Å². The van der Waals surface area contributed by atoms with Crippen LogP contribution in [0.15, 0.2) is 0 Å². The molecule has 0 N–H and O–H groups in total. The van der Waals surface area contributed by atoms with Gasteiger partial charge in [-0.25, -0.2) is 4.79 Å². The number of aromatic nitrogens is 2. The highest BCUT2D eigenvalue weighted by molar-refractivity contribution is 9.08. The maximum atomic E-state index is 11.1. The van der Waals surface area contributed by atoms with Crippen molar-refractivity contribution in [2.45, 2.75) is 12.3 Å². The van der Waals surface area contributed by atoms with E-state index < -0.39 is 5.97 Å². The lowest BCUT2D eigenvalue weighted by molar-refractivity contribution is 0.0518. The lowest BCUT2D eigenvalue weighted by Gasteiger charge is -1.97. The third kappa shape index (κ3) is 2.01. The van der Waals surface area contributed by atoms with Gasteiger partial charge in [-0.1, -0.05) is 20.4 Å². The number of alkyl halides is 1. The first-order chi connectivity index (χ1) is 5.79. The smallest absolute Gasteiger partial charge is 0.360 e. The molecule has 0 saturated heterocycles. The van der Waals surface area contributed by atoms with Gasteiger partial charge in [0, 0.05) is 5.33 Å². The Morgan fingerprint density at radius 3 is 3.08 bits per heavy atom. The van der Waals surface area contributed by atoms with Gasteiger partial charge in [-0.2, -0.15) is 0 Å². The molecule has 1 heterocycles. The van der Waals surface area contributed by atoms with Crippen LogP contribution in [0.1, 0.15) is 22.3 Å². The zero-order chi connectivity index (χ0) is 8.97. The standard InChI is InChI=1S/C6H7BrN2O2S/c1-2-11-6(10)5-4(3-7)12-9-8-5/h2-3H2,1H3. The number of rotatable bonds is 3. The second-order valence-electron chi connectivity index (χ2n) is 1.90. The molecule has 1 rings (SSSR count). The molecule has 0 saturated carbocycles. The Kier molecular flexibility index (Phi) is 3.61. The lowest BCUT2D eigenvalue weighted by atomic mass is 10.4. The van der Waals surface area contributed by atoms with E-state index in [1.54, 1.807) is 6.92 Å². The first-order valence-corrected chi connectivity index (χ1v) is 5.23. The summed E-state index contributed by atoms with van der Waals surface area (Å²) in [4.78, 5) is 11.9. The Bertz CT molecular complexity index is 276. The van der Waals surface area contributed by atoms with E-state index in [1.165, 1.54) is 11.5 Å². The number of hydrogen-bond acceptors (Lipinski definition) is 5. The van der Waals surface area contributed by atoms with Crippen LogP contribution in [0.4, 0.5) is 0 Å². The molecule has 0 aliphatic rings. The van der Waals surface area contributed by atoms with Crippen LogP contribution in [-0.4, -0.2) is 22.2 Å². The topological polar surface area (TPSA) is 52.1 Å². The summed E-state index contributed by atoms with van der Waals surface area (Å²) in [6.45, 7) is 2.11. The second kappa shape index (κ2) is 4.51. The van der Waals surface area contributed by atoms with Gasteiger partial charge in [-0.3, -0.25) is 0 Å². The van der Waals surface area contributed by atoms with Crippen LogP contribution in [0.3, 0.4) is 0 Å². The monoisotopic (exact) mass is 250 g/mol. The van der Waals surface area contributed by atoms with E-state index in [0.29, 0.717) is 17.6 Å². The van der Waals surface area contributed by atoms with Gasteiger partial charge in [-0.15, -0.1) is 5.10 Å². The average molecular weight is 251 g/mol. The van der Waals surface area contributed by atoms with Crippen molar-refractivity contribution >= 4 is 33.4 Å². The van der Waals surface area contributed by atoms with Gasteiger partial charge in [0.15, 0.2) is 5.69 Å². The van der Waals surface area contributed by atoms with Gasteiger partial charge in [0.25, 0.3) is 0 Å². The summed E-state index contributed by atoms with van der Waals surface area (Å²) in [5, 5.41) is 4.25. The summed E-state index contributed by atoms with van der Waals surface area (Å²) in [6.07, 6.45) is 0. The molecule has 0 unspecified atom stereocenters. The molecule has 0 amide bonds. The number of carbonyl (C=O) groups excluding carboxylic acids is 1. The maximum Gasteiger partial charge on any atom is 0.360 e. The fourth-order valence-corrected chi connectivity index (χ4v) is 1.70. The Morgan fingerprint density at radius 2 is 2.50 bits per heavy atom. The van der Waals surface area contributed by atoms with Crippen LogP contribution in [0.25, 0.3) is 0 Å². The molecular weight excluding hydrogens is 244 g/mol. The van der Waals surface area contributed by atoms with Gasteiger partial charge < -0.3 is 4.74 Å². The molecule has 0 spiro atoms. The minimum absolute atomic E-state index is 0.318. The van der Waals surface area contributed by atoms with Crippen molar-refractivity contribution in [1.82, 2.24) is 9.59 Å². The molecule has 0 aromatic carbocycles. The van der Waals surface area contributed by atoms with Gasteiger partial charge in [0.1, 0.15) is 0 Å². The molecule has 0 bridgehead atoms. The van der Waals surface area contributed by atoms with Crippen molar-refractivity contribution < 1.29 is 9.53 Å². The fraction of sp³-hybridized carbons (Fsp3) is 0.500. The van der Waals surface area contributed by atoms with E-state index in [2.05, 4.69) is 25.5 Å². The highest BCUT2D eigenvalue weighted by atomic mass is 79.9. The van der Waals surface area contributed by atoms with E-state index in [1.807, 2.05) is 0 Å². The first-order valence-electron chi connectivity index (χ1n) is 3.34. The Balaban J connectivity index is 2.79. The molecule has 0 aliphatic carbocycles. The van der Waals surface area contributed by atoms with Gasteiger partial charge in [0.2, 0.25) is 0 Å². The molecule has 0 fully saturated rings. The number of ether oxygens (including phenoxy) is 1. The molecule has 0 aliphatic heterocycles. The predicted molar refractivity (Wildman–Crippen MR) is 48.5 cm³/mol. The molecule has 1 aromatic heterocycles. The molecule has 4 nitrogen and oxygen atoms in total. The van der Waals surface area contributed by atoms with Crippen LogP contribution in [0.2, 0.25) is 0 Å². The summed E-state index contributed by atoms with van der Waals surface area (Å²) in [7, 11) is 0. The molecule has 6 heteroatoms. The van der Waals surface area contributed by atoms with E-state index in [-0.39, 0.29) is 0 Å². The summed E-state index contributed by atoms with van der Waals surface area (Å²) in [5.74, 6) is -0.402. The zero-order valence-electron chi connectivity index (χ0n) is 6.41. The van der Waals surface area contributed by atoms with Crippen molar-refractivity contribution in [3.63, 3.8) is 0 Å². The van der Waals surface area contributed by atoms with Crippen molar-refractivity contribution in [3.05, 3.63) is 10.6 Å². The fourth-order valence-electron chi connectivity index (χ4n) is 0.651. The molecule has 0 atom stereocenters. The van der Waals surface area contributed by atoms with Crippen LogP contribution in [0, 0.1) is 0 Å². The van der Waals surface area contributed by atoms with Crippen LogP contribution in [-0.2, 0) is 10.1 Å². The molecule has 0 radical (unpaired) electrons. The van der Waals surface area contributed by atoms with E-state index in [4.69, 9.17) is 4.74 Å². The van der Waals surface area contributed by atoms with E-state index >= 15 is 0 Å². The Labute approximate surface area is 82.2 Å². The Morgan fingerprint density at radius 1 is 1.75 bits per heavy atom. The largest absolute Gasteiger partial charge is 0.461 e. The summed E-state index contributed by atoms with van der Waals surface area (Å²) >= 11 is 4.42. The van der Waals surface area contributed by atoms with Gasteiger partial charge in [0.05, 0.1) is 11.5 Å². The number of nitrogens with zero attached hydrogens (tertiary/aromatic N) is 2. The van der Waals surface area contributed by atoms with Gasteiger partial charge in [-0.05, 0) is 18.5 Å². The highest BCUT2D eigenvalue weighted by Gasteiger charge is 2.15. The van der Waals surface area contributed by atoms with Crippen LogP contribution < -0.4 is 0 Å². The summed E-state index contributed by atoms with van der Waals surface area (Å²) < 4.78 is 8.43. The normalized spacial score (nSPS) is 9.83. The van der Waals surface area contributed by atoms with Crippen LogP contribution in [0.5, 0.6) is 0 Å². The quantitative estimate of drug-likeness (QED) is 0.605. The molecular formula is C6H7BrN2O2S. The van der Waals surface area contributed by atoms with Gasteiger partial charge >= 0.3 is 5.97 Å². The van der Waals surface area contributed by atoms with E-state index in [9.17, 15) is 4.79 Å². The maximum absolute atomic E-state index is 11.1. The predicted octanol–water partition coefficient (Wildman–Crippen LogP) is 1.61. The SMILES string of the molecule is CCOC(=O)c1nnsc1CBr. The lowest BCUT2D eigenvalue weighted by Crippen LogP contribution is -2.07. The van der Waals surface area contributed by atoms with Crippen molar-refractivity contribution in [3.8, 4) is 0 Å². The Hall–Kier alpha value is -0.490. The summed E-state index contributed by atoms with van der Waals surface area (Å²) in [6, 6.07) is 0. The third-order valence-electron chi connectivity index (χ3n) is 1.15. The summed E-state index contributed by atoms with van der Waals surface area (Å²) in [5.41, 5.74) is 0.318. The van der Waals surface area contributed by atoms with Crippen molar-refractivity contribution in [2.24, 2.45) is 0 Å². The first kappa shape index (κ1) is 9.60. The molecule has 12 heavy (non-hydrogen) atoms. The van der Waals surface area contributed by atoms with Crippen LogP contribution >= 0.6 is 27.5 Å². The number of esters is 1. The number of carbonyl (C=O) groups is 1. The molecule has 1 aromatic rings. The zero-order valence-corrected chi connectivity index (χ0v) is 8.81. The number of halogens is 1. The average Bonchev–Trinajstić information content (AvgIpc) is 2.51. The minimum Gasteiger partial charge on any atom is -0.461 e. The third-order valence-corrected chi connectivity index (χ3v) is 2.80.